The van der Waals surface area contributed by atoms with Crippen molar-refractivity contribution < 1.29 is 4.79 Å². The van der Waals surface area contributed by atoms with Gasteiger partial charge in [0.15, 0.2) is 0 Å². The zero-order valence-corrected chi connectivity index (χ0v) is 12.6. The highest BCUT2D eigenvalue weighted by atomic mass is 35.5. The first kappa shape index (κ1) is 15.1. The molecule has 110 valence electrons. The van der Waals surface area contributed by atoms with Crippen LogP contribution in [0.1, 0.15) is 19.8 Å². The third kappa shape index (κ3) is 3.64. The number of carbonyl (C=O) groups is 1. The van der Waals surface area contributed by atoms with Gasteiger partial charge in [-0.15, -0.1) is 0 Å². The van der Waals surface area contributed by atoms with Gasteiger partial charge in [-0.1, -0.05) is 24.9 Å². The van der Waals surface area contributed by atoms with Gasteiger partial charge >= 0.3 is 0 Å². The van der Waals surface area contributed by atoms with Crippen LogP contribution < -0.4 is 10.6 Å². The first-order valence-corrected chi connectivity index (χ1v) is 7.54. The zero-order valence-electron chi connectivity index (χ0n) is 11.9. The first-order chi connectivity index (χ1) is 9.61. The van der Waals surface area contributed by atoms with Crippen LogP contribution in [-0.4, -0.2) is 43.0 Å². The molecular weight excluding hydrogens is 274 g/mol. The predicted molar refractivity (Wildman–Crippen MR) is 83.1 cm³/mol. The molecule has 1 aliphatic heterocycles. The third-order valence-corrected chi connectivity index (χ3v) is 3.95. The first-order valence-electron chi connectivity index (χ1n) is 7.16. The Bertz CT molecular complexity index is 441. The summed E-state index contributed by atoms with van der Waals surface area (Å²) >= 11 is 5.89. The fourth-order valence-electron chi connectivity index (χ4n) is 2.51. The van der Waals surface area contributed by atoms with Crippen molar-refractivity contribution in [3.05, 3.63) is 29.3 Å². The van der Waals surface area contributed by atoms with Crippen LogP contribution in [0.25, 0.3) is 0 Å². The van der Waals surface area contributed by atoms with Gasteiger partial charge in [0.05, 0.1) is 6.04 Å². The molecule has 2 rings (SSSR count). The number of nitrogens with two attached hydrogens (primary N) is 1. The molecule has 1 fully saturated rings. The second-order valence-corrected chi connectivity index (χ2v) is 5.62. The molecule has 0 saturated carbocycles. The lowest BCUT2D eigenvalue weighted by molar-refractivity contribution is -0.133. The lowest BCUT2D eigenvalue weighted by Crippen LogP contribution is -2.53. The SMILES string of the molecule is CCC[C@H](N)C(=O)N1CCN(c2ccc(Cl)cc2)CC1. The highest BCUT2D eigenvalue weighted by Gasteiger charge is 2.24. The van der Waals surface area contributed by atoms with Crippen LogP contribution in [-0.2, 0) is 4.79 Å². The minimum atomic E-state index is -0.345. The number of amides is 1. The Labute approximate surface area is 125 Å². The van der Waals surface area contributed by atoms with Gasteiger partial charge in [0.25, 0.3) is 0 Å². The van der Waals surface area contributed by atoms with Gasteiger partial charge in [-0.25, -0.2) is 0 Å². The predicted octanol–water partition coefficient (Wildman–Crippen LogP) is 2.12. The lowest BCUT2D eigenvalue weighted by Gasteiger charge is -2.37. The second kappa shape index (κ2) is 6.95. The molecule has 0 radical (unpaired) electrons. The second-order valence-electron chi connectivity index (χ2n) is 5.18. The Hall–Kier alpha value is -1.26. The van der Waals surface area contributed by atoms with E-state index in [1.165, 1.54) is 0 Å². The number of carbonyl (C=O) groups excluding carboxylic acids is 1. The maximum atomic E-state index is 12.1. The number of benzene rings is 1. The average molecular weight is 296 g/mol. The molecule has 1 saturated heterocycles. The molecule has 0 spiro atoms. The number of nitrogens with zero attached hydrogens (tertiary/aromatic N) is 2. The van der Waals surface area contributed by atoms with Gasteiger partial charge in [-0.2, -0.15) is 0 Å². The van der Waals surface area contributed by atoms with Crippen molar-refractivity contribution >= 4 is 23.2 Å². The quantitative estimate of drug-likeness (QED) is 0.925. The minimum Gasteiger partial charge on any atom is -0.368 e. The number of halogens is 1. The van der Waals surface area contributed by atoms with E-state index in [1.54, 1.807) is 0 Å². The van der Waals surface area contributed by atoms with Crippen molar-refractivity contribution in [2.24, 2.45) is 5.73 Å². The fraction of sp³-hybridized carbons (Fsp3) is 0.533. The van der Waals surface area contributed by atoms with Gasteiger partial charge in [-0.05, 0) is 30.7 Å². The van der Waals surface area contributed by atoms with E-state index in [4.69, 9.17) is 17.3 Å². The van der Waals surface area contributed by atoms with Crippen LogP contribution >= 0.6 is 11.6 Å². The summed E-state index contributed by atoms with van der Waals surface area (Å²) in [5, 5.41) is 0.744. The van der Waals surface area contributed by atoms with Crippen molar-refractivity contribution in [3.63, 3.8) is 0 Å². The Morgan fingerprint density at radius 3 is 2.40 bits per heavy atom. The summed E-state index contributed by atoms with van der Waals surface area (Å²) in [6.07, 6.45) is 1.70. The van der Waals surface area contributed by atoms with Crippen LogP contribution in [0.4, 0.5) is 5.69 Å². The van der Waals surface area contributed by atoms with E-state index in [0.29, 0.717) is 0 Å². The Morgan fingerprint density at radius 2 is 1.85 bits per heavy atom. The van der Waals surface area contributed by atoms with Crippen LogP contribution in [0.3, 0.4) is 0 Å². The molecular formula is C15H22ClN3O. The van der Waals surface area contributed by atoms with E-state index in [2.05, 4.69) is 4.90 Å². The van der Waals surface area contributed by atoms with Gasteiger partial charge in [-0.3, -0.25) is 4.79 Å². The summed E-state index contributed by atoms with van der Waals surface area (Å²) in [6, 6.07) is 7.48. The van der Waals surface area contributed by atoms with E-state index < -0.39 is 0 Å². The van der Waals surface area contributed by atoms with E-state index >= 15 is 0 Å². The Balaban J connectivity index is 1.89. The zero-order chi connectivity index (χ0) is 14.5. The Morgan fingerprint density at radius 1 is 1.25 bits per heavy atom. The molecule has 1 heterocycles. The van der Waals surface area contributed by atoms with Crippen molar-refractivity contribution in [1.82, 2.24) is 4.90 Å². The lowest BCUT2D eigenvalue weighted by atomic mass is 10.1. The highest BCUT2D eigenvalue weighted by molar-refractivity contribution is 6.30. The van der Waals surface area contributed by atoms with Crippen LogP contribution in [0.15, 0.2) is 24.3 Å². The molecule has 0 aliphatic carbocycles. The molecule has 1 atom stereocenters. The van der Waals surface area contributed by atoms with E-state index in [0.717, 1.165) is 49.7 Å². The number of piperazine rings is 1. The van der Waals surface area contributed by atoms with Crippen molar-refractivity contribution in [3.8, 4) is 0 Å². The fourth-order valence-corrected chi connectivity index (χ4v) is 2.63. The van der Waals surface area contributed by atoms with Crippen LogP contribution in [0, 0.1) is 0 Å². The molecule has 1 aromatic rings. The van der Waals surface area contributed by atoms with Gasteiger partial charge < -0.3 is 15.5 Å². The maximum Gasteiger partial charge on any atom is 0.239 e. The molecule has 1 amide bonds. The molecule has 0 bridgehead atoms. The topological polar surface area (TPSA) is 49.6 Å². The number of anilines is 1. The number of rotatable bonds is 4. The van der Waals surface area contributed by atoms with Crippen molar-refractivity contribution in [2.75, 3.05) is 31.1 Å². The molecule has 0 unspecified atom stereocenters. The van der Waals surface area contributed by atoms with E-state index in [1.807, 2.05) is 36.1 Å². The maximum absolute atomic E-state index is 12.1. The van der Waals surface area contributed by atoms with Crippen LogP contribution in [0.2, 0.25) is 5.02 Å². The molecule has 2 N–H and O–H groups in total. The van der Waals surface area contributed by atoms with Gasteiger partial charge in [0.2, 0.25) is 5.91 Å². The van der Waals surface area contributed by atoms with Gasteiger partial charge in [0.1, 0.15) is 0 Å². The van der Waals surface area contributed by atoms with E-state index in [9.17, 15) is 4.79 Å². The summed E-state index contributed by atoms with van der Waals surface area (Å²) in [5.41, 5.74) is 7.05. The summed E-state index contributed by atoms with van der Waals surface area (Å²) in [4.78, 5) is 16.3. The summed E-state index contributed by atoms with van der Waals surface area (Å²) in [5.74, 6) is 0.0857. The third-order valence-electron chi connectivity index (χ3n) is 3.70. The van der Waals surface area contributed by atoms with Crippen molar-refractivity contribution in [1.29, 1.82) is 0 Å². The number of hydrogen-bond donors (Lipinski definition) is 1. The molecule has 5 heteroatoms. The van der Waals surface area contributed by atoms with E-state index in [-0.39, 0.29) is 11.9 Å². The van der Waals surface area contributed by atoms with Crippen molar-refractivity contribution in [2.45, 2.75) is 25.8 Å². The average Bonchev–Trinajstić information content (AvgIpc) is 2.48. The molecule has 1 aromatic carbocycles. The molecule has 0 aromatic heterocycles. The summed E-state index contributed by atoms with van der Waals surface area (Å²) in [6.45, 7) is 5.20. The molecule has 20 heavy (non-hydrogen) atoms. The summed E-state index contributed by atoms with van der Waals surface area (Å²) in [7, 11) is 0. The smallest absolute Gasteiger partial charge is 0.239 e. The largest absolute Gasteiger partial charge is 0.368 e. The molecule has 4 nitrogen and oxygen atoms in total. The molecule has 1 aliphatic rings. The normalized spacial score (nSPS) is 17.1. The number of hydrogen-bond acceptors (Lipinski definition) is 3. The Kier molecular flexibility index (Phi) is 5.26. The standard InChI is InChI=1S/C15H22ClN3O/c1-2-3-14(17)15(20)19-10-8-18(9-11-19)13-6-4-12(16)5-7-13/h4-7,14H,2-3,8-11,17H2,1H3/t14-/m0/s1. The van der Waals surface area contributed by atoms with Gasteiger partial charge in [0, 0.05) is 36.9 Å². The monoisotopic (exact) mass is 295 g/mol. The van der Waals surface area contributed by atoms with Crippen LogP contribution in [0.5, 0.6) is 0 Å². The summed E-state index contributed by atoms with van der Waals surface area (Å²) < 4.78 is 0. The highest BCUT2D eigenvalue weighted by Crippen LogP contribution is 2.19. The minimum absolute atomic E-state index is 0.0857.